The Hall–Kier alpha value is -2.00. The maximum Gasteiger partial charge on any atom is 0.220 e. The lowest BCUT2D eigenvalue weighted by Crippen LogP contribution is -2.60. The predicted octanol–water partition coefficient (Wildman–Crippen LogP) is 0.882. The van der Waals surface area contributed by atoms with Crippen LogP contribution >= 0.6 is 11.6 Å². The van der Waals surface area contributed by atoms with E-state index in [1.54, 1.807) is 4.90 Å². The number of hydrogen-bond donors (Lipinski definition) is 4. The van der Waals surface area contributed by atoms with Crippen LogP contribution in [0, 0.1) is 0 Å². The topological polar surface area (TPSA) is 108 Å². The Bertz CT molecular complexity index is 953. The maximum absolute atomic E-state index is 10.0. The molecule has 2 heterocycles. The van der Waals surface area contributed by atoms with E-state index >= 15 is 0 Å². The van der Waals surface area contributed by atoms with E-state index < -0.39 is 11.5 Å². The van der Waals surface area contributed by atoms with Crippen molar-refractivity contribution < 1.29 is 15.3 Å². The molecule has 7 nitrogen and oxygen atoms in total. The quantitative estimate of drug-likeness (QED) is 0.494. The van der Waals surface area contributed by atoms with Crippen LogP contribution in [0.5, 0.6) is 0 Å². The van der Waals surface area contributed by atoms with E-state index in [1.807, 2.05) is 48.5 Å². The van der Waals surface area contributed by atoms with E-state index in [0.717, 1.165) is 22.4 Å². The summed E-state index contributed by atoms with van der Waals surface area (Å²) in [5.41, 5.74) is 6.44. The van der Waals surface area contributed by atoms with Crippen molar-refractivity contribution in [2.24, 2.45) is 5.73 Å². The molecule has 27 heavy (non-hydrogen) atoms. The van der Waals surface area contributed by atoms with Gasteiger partial charge in [-0.1, -0.05) is 35.9 Å². The smallest absolute Gasteiger partial charge is 0.220 e. The molecule has 0 bridgehead atoms. The Morgan fingerprint density at radius 1 is 1.00 bits per heavy atom. The minimum Gasteiger partial charge on any atom is -0.370 e. The molecular formula is C19H21ClN4O3. The lowest BCUT2D eigenvalue weighted by molar-refractivity contribution is -0.244. The minimum atomic E-state index is -2.36. The molecule has 1 aliphatic rings. The standard InChI is InChI=1S/C19H21ClN4O3/c20-14-7-5-13(6-8-14)9-24-16-4-2-1-3-15(16)22-17(24)10-23-11-18(21,25)19(26,27)12-23/h1-8,25-27H,9-12,21H2. The van der Waals surface area contributed by atoms with E-state index in [4.69, 9.17) is 22.3 Å². The average Bonchev–Trinajstić information content (AvgIpc) is 3.03. The molecule has 1 aromatic heterocycles. The molecular weight excluding hydrogens is 368 g/mol. The van der Waals surface area contributed by atoms with Gasteiger partial charge in [0, 0.05) is 18.1 Å². The van der Waals surface area contributed by atoms with Gasteiger partial charge in [0.25, 0.3) is 0 Å². The molecule has 0 saturated carbocycles. The third-order valence-corrected chi connectivity index (χ3v) is 5.21. The second-order valence-corrected chi connectivity index (χ2v) is 7.55. The summed E-state index contributed by atoms with van der Waals surface area (Å²) in [6.07, 6.45) is 0. The Morgan fingerprint density at radius 3 is 2.37 bits per heavy atom. The first-order valence-corrected chi connectivity index (χ1v) is 9.00. The van der Waals surface area contributed by atoms with E-state index in [9.17, 15) is 15.3 Å². The zero-order valence-electron chi connectivity index (χ0n) is 14.6. The van der Waals surface area contributed by atoms with Crippen molar-refractivity contribution in [1.29, 1.82) is 0 Å². The van der Waals surface area contributed by atoms with Crippen LogP contribution in [-0.2, 0) is 13.1 Å². The summed E-state index contributed by atoms with van der Waals surface area (Å²) < 4.78 is 2.07. The van der Waals surface area contributed by atoms with E-state index in [0.29, 0.717) is 18.1 Å². The summed E-state index contributed by atoms with van der Waals surface area (Å²) in [5.74, 6) is -1.61. The van der Waals surface area contributed by atoms with Crippen LogP contribution in [0.25, 0.3) is 11.0 Å². The van der Waals surface area contributed by atoms with Crippen LogP contribution in [0.15, 0.2) is 48.5 Å². The monoisotopic (exact) mass is 388 g/mol. The van der Waals surface area contributed by atoms with Gasteiger partial charge in [-0.2, -0.15) is 0 Å². The molecule has 5 N–H and O–H groups in total. The van der Waals surface area contributed by atoms with Gasteiger partial charge in [-0.15, -0.1) is 0 Å². The fraction of sp³-hybridized carbons (Fsp3) is 0.316. The predicted molar refractivity (Wildman–Crippen MR) is 102 cm³/mol. The van der Waals surface area contributed by atoms with Gasteiger partial charge in [0.2, 0.25) is 5.79 Å². The Morgan fingerprint density at radius 2 is 1.70 bits per heavy atom. The maximum atomic E-state index is 10.0. The number of aromatic nitrogens is 2. The average molecular weight is 389 g/mol. The molecule has 1 saturated heterocycles. The van der Waals surface area contributed by atoms with E-state index in [2.05, 4.69) is 4.57 Å². The van der Waals surface area contributed by atoms with Gasteiger partial charge in [0.1, 0.15) is 5.82 Å². The number of rotatable bonds is 4. The number of benzene rings is 2. The first-order valence-electron chi connectivity index (χ1n) is 8.62. The number of para-hydroxylation sites is 2. The highest BCUT2D eigenvalue weighted by Crippen LogP contribution is 2.27. The van der Waals surface area contributed by atoms with E-state index in [-0.39, 0.29) is 13.1 Å². The van der Waals surface area contributed by atoms with Gasteiger partial charge in [0.15, 0.2) is 5.72 Å². The first kappa shape index (κ1) is 18.4. The fourth-order valence-corrected chi connectivity index (χ4v) is 3.60. The zero-order valence-corrected chi connectivity index (χ0v) is 15.3. The largest absolute Gasteiger partial charge is 0.370 e. The summed E-state index contributed by atoms with van der Waals surface area (Å²) in [6, 6.07) is 15.4. The third-order valence-electron chi connectivity index (χ3n) is 4.95. The number of halogens is 1. The molecule has 1 atom stereocenters. The minimum absolute atomic E-state index is 0.0653. The molecule has 4 rings (SSSR count). The van der Waals surface area contributed by atoms with Crippen molar-refractivity contribution in [3.63, 3.8) is 0 Å². The molecule has 8 heteroatoms. The lowest BCUT2D eigenvalue weighted by atomic mass is 10.1. The summed E-state index contributed by atoms with van der Waals surface area (Å²) in [5, 5.41) is 30.6. The number of fused-ring (bicyclic) bond motifs is 1. The summed E-state index contributed by atoms with van der Waals surface area (Å²) in [7, 11) is 0. The molecule has 0 radical (unpaired) electrons. The second-order valence-electron chi connectivity index (χ2n) is 7.12. The Balaban J connectivity index is 1.67. The summed E-state index contributed by atoms with van der Waals surface area (Å²) in [4.78, 5) is 6.38. The van der Waals surface area contributed by atoms with Crippen LogP contribution in [0.4, 0.5) is 0 Å². The van der Waals surface area contributed by atoms with Crippen LogP contribution in [0.3, 0.4) is 0 Å². The fourth-order valence-electron chi connectivity index (χ4n) is 3.48. The molecule has 0 aliphatic carbocycles. The number of β-amino-alcohol motifs (C(OH)–C–C–N with tert-alkyl or cyclic N) is 3. The van der Waals surface area contributed by atoms with Crippen molar-refractivity contribution in [3.8, 4) is 0 Å². The van der Waals surface area contributed by atoms with Gasteiger partial charge in [-0.25, -0.2) is 4.98 Å². The van der Waals surface area contributed by atoms with Gasteiger partial charge < -0.3 is 19.9 Å². The van der Waals surface area contributed by atoms with Crippen molar-refractivity contribution in [2.75, 3.05) is 13.1 Å². The van der Waals surface area contributed by atoms with Gasteiger partial charge in [-0.05, 0) is 29.8 Å². The second kappa shape index (κ2) is 6.56. The number of nitrogens with zero attached hydrogens (tertiary/aromatic N) is 3. The lowest BCUT2D eigenvalue weighted by Gasteiger charge is -2.27. The third kappa shape index (κ3) is 3.45. The SMILES string of the molecule is NC1(O)CN(Cc2nc3ccccc3n2Cc2ccc(Cl)cc2)CC1(O)O. The van der Waals surface area contributed by atoms with Crippen LogP contribution < -0.4 is 5.73 Å². The molecule has 3 aromatic rings. The molecule has 142 valence electrons. The van der Waals surface area contributed by atoms with Gasteiger partial charge in [0.05, 0.1) is 24.1 Å². The Labute approximate surface area is 161 Å². The molecule has 0 amide bonds. The molecule has 1 unspecified atom stereocenters. The zero-order chi connectivity index (χ0) is 19.2. The van der Waals surface area contributed by atoms with Gasteiger partial charge >= 0.3 is 0 Å². The molecule has 1 fully saturated rings. The highest BCUT2D eigenvalue weighted by molar-refractivity contribution is 6.30. The number of likely N-dealkylation sites (tertiary alicyclic amines) is 1. The number of imidazole rings is 1. The highest BCUT2D eigenvalue weighted by Gasteiger charge is 2.53. The molecule has 1 aliphatic heterocycles. The van der Waals surface area contributed by atoms with Crippen molar-refractivity contribution >= 4 is 22.6 Å². The van der Waals surface area contributed by atoms with Crippen LogP contribution in [0.1, 0.15) is 11.4 Å². The normalized spacial score (nSPS) is 22.6. The molecule has 0 spiro atoms. The van der Waals surface area contributed by atoms with Crippen molar-refractivity contribution in [3.05, 3.63) is 64.9 Å². The number of hydrogen-bond acceptors (Lipinski definition) is 6. The summed E-state index contributed by atoms with van der Waals surface area (Å²) in [6.45, 7) is 0.691. The number of aliphatic hydroxyl groups is 3. The highest BCUT2D eigenvalue weighted by atomic mass is 35.5. The van der Waals surface area contributed by atoms with E-state index in [1.165, 1.54) is 0 Å². The van der Waals surface area contributed by atoms with Gasteiger partial charge in [-0.3, -0.25) is 10.6 Å². The summed E-state index contributed by atoms with van der Waals surface area (Å²) >= 11 is 5.98. The van der Waals surface area contributed by atoms with Crippen LogP contribution in [0.2, 0.25) is 5.02 Å². The Kier molecular flexibility index (Phi) is 4.46. The molecule has 2 aromatic carbocycles. The number of nitrogens with two attached hydrogens (primary N) is 1. The first-order chi connectivity index (χ1) is 12.7. The van der Waals surface area contributed by atoms with Crippen molar-refractivity contribution in [1.82, 2.24) is 14.5 Å². The van der Waals surface area contributed by atoms with Crippen LogP contribution in [-0.4, -0.2) is 54.4 Å². The van der Waals surface area contributed by atoms with Crippen molar-refractivity contribution in [2.45, 2.75) is 24.6 Å².